The van der Waals surface area contributed by atoms with Crippen LogP contribution in [0.3, 0.4) is 0 Å². The Morgan fingerprint density at radius 3 is 1.18 bits per heavy atom. The van der Waals surface area contributed by atoms with Crippen molar-refractivity contribution in [3.8, 4) is 0 Å². The summed E-state index contributed by atoms with van der Waals surface area (Å²) >= 11 is 0. The number of esters is 4. The summed E-state index contributed by atoms with van der Waals surface area (Å²) in [7, 11) is 0. The van der Waals surface area contributed by atoms with E-state index < -0.39 is 36.1 Å². The van der Waals surface area contributed by atoms with Gasteiger partial charge in [0, 0.05) is 0 Å². The van der Waals surface area contributed by atoms with Crippen molar-refractivity contribution >= 4 is 83.0 Å². The molecule has 0 aliphatic heterocycles. The van der Waals surface area contributed by atoms with Crippen LogP contribution < -0.4 is 0 Å². The van der Waals surface area contributed by atoms with Crippen LogP contribution in [0.1, 0.15) is 20.7 Å². The van der Waals surface area contributed by atoms with Gasteiger partial charge in [-0.25, -0.2) is 19.2 Å². The van der Waals surface area contributed by atoms with Crippen molar-refractivity contribution < 1.29 is 38.9 Å². The topological polar surface area (TPSA) is 127 Å². The summed E-state index contributed by atoms with van der Waals surface area (Å²) in [5.74, 6) is -5.27. The van der Waals surface area contributed by atoms with Crippen LogP contribution in [0.2, 0.25) is 0 Å². The Hall–Kier alpha value is -1.36. The van der Waals surface area contributed by atoms with E-state index in [0.29, 0.717) is 0 Å². The molecule has 2 atom stereocenters. The van der Waals surface area contributed by atoms with Gasteiger partial charge in [-0.2, -0.15) is 0 Å². The zero-order valence-electron chi connectivity index (χ0n) is 13.3. The number of hydrogen-bond donors (Lipinski definition) is 2. The second-order valence-corrected chi connectivity index (χ2v) is 5.04. The molecule has 0 bridgehead atoms. The number of carbonyl (C=O) groups excluding carboxylic acids is 4. The Bertz CT molecular complexity index is 741. The van der Waals surface area contributed by atoms with Crippen molar-refractivity contribution in [1.29, 1.82) is 0 Å². The van der Waals surface area contributed by atoms with Crippen LogP contribution in [0.4, 0.5) is 0 Å². The maximum absolute atomic E-state index is 11.7. The molecule has 0 saturated heterocycles. The molecule has 138 valence electrons. The van der Waals surface area contributed by atoms with Gasteiger partial charge in [-0.05, 0) is 24.3 Å². The molecular weight excluding hydrogens is 390 g/mol. The van der Waals surface area contributed by atoms with Gasteiger partial charge in [-0.15, -0.1) is 0 Å². The monoisotopic (exact) mass is 406 g/mol. The van der Waals surface area contributed by atoms with E-state index in [0.717, 1.165) is 0 Å². The van der Waals surface area contributed by atoms with Crippen molar-refractivity contribution in [2.24, 2.45) is 0 Å². The summed E-state index contributed by atoms with van der Waals surface area (Å²) in [5.41, 5.74) is 0.0637. The van der Waals surface area contributed by atoms with Gasteiger partial charge in [-0.3, -0.25) is 0 Å². The summed E-state index contributed by atoms with van der Waals surface area (Å²) < 4.78 is 8.76. The molecule has 28 heavy (non-hydrogen) atoms. The molecular formula is C18H16Na2O8. The molecule has 0 amide bonds. The van der Waals surface area contributed by atoms with Crippen molar-refractivity contribution in [2.75, 3.05) is 0 Å². The van der Waals surface area contributed by atoms with Gasteiger partial charge in [0.05, 0.1) is 11.1 Å². The summed E-state index contributed by atoms with van der Waals surface area (Å²) in [6.45, 7) is 0. The molecule has 2 aromatic rings. The maximum atomic E-state index is 11.7. The van der Waals surface area contributed by atoms with Gasteiger partial charge in [0.2, 0.25) is 0 Å². The van der Waals surface area contributed by atoms with E-state index in [1.165, 1.54) is 48.5 Å². The van der Waals surface area contributed by atoms with Crippen LogP contribution in [-0.2, 0) is 19.1 Å². The predicted octanol–water partition coefficient (Wildman–Crippen LogP) is -0.822. The van der Waals surface area contributed by atoms with Gasteiger partial charge in [-0.1, -0.05) is 36.4 Å². The molecule has 2 unspecified atom stereocenters. The summed E-state index contributed by atoms with van der Waals surface area (Å²) in [6.07, 6.45) is -4.81. The third kappa shape index (κ3) is 7.57. The van der Waals surface area contributed by atoms with Crippen LogP contribution in [0.15, 0.2) is 60.7 Å². The number of aliphatic hydroxyl groups is 2. The number of hydrogen-bond acceptors (Lipinski definition) is 8. The molecule has 2 N–H and O–H groups in total. The zero-order valence-corrected chi connectivity index (χ0v) is 13.3. The standard InChI is InChI=1S/C18H14O8.2Na.2H/c19-13(17(23)25-15(21)11-7-3-1-4-8-11)14(20)18(24)26-16(22)12-9-5-2-6-10-12;;;;/h1-10,13-14,19-20H;;;;. The number of benzene rings is 2. The SMILES string of the molecule is O=C(OC(=O)C(O)C(O)C(=O)OC(=O)c1ccccc1)c1ccccc1.[NaH].[NaH]. The van der Waals surface area contributed by atoms with Crippen molar-refractivity contribution in [3.63, 3.8) is 0 Å². The molecule has 2 rings (SSSR count). The molecule has 2 aromatic carbocycles. The van der Waals surface area contributed by atoms with E-state index in [-0.39, 0.29) is 70.2 Å². The second-order valence-electron chi connectivity index (χ2n) is 5.04. The van der Waals surface area contributed by atoms with Gasteiger partial charge in [0.1, 0.15) is 0 Å². The Morgan fingerprint density at radius 2 is 0.893 bits per heavy atom. The molecule has 0 aromatic heterocycles. The Kier molecular flexibility index (Phi) is 12.3. The summed E-state index contributed by atoms with van der Waals surface area (Å²) in [4.78, 5) is 46.8. The summed E-state index contributed by atoms with van der Waals surface area (Å²) in [6, 6.07) is 14.8. The molecule has 8 nitrogen and oxygen atoms in total. The van der Waals surface area contributed by atoms with Crippen molar-refractivity contribution in [1.82, 2.24) is 0 Å². The first-order valence-electron chi connectivity index (χ1n) is 7.38. The van der Waals surface area contributed by atoms with Crippen molar-refractivity contribution in [3.05, 3.63) is 71.8 Å². The first-order valence-corrected chi connectivity index (χ1v) is 7.38. The van der Waals surface area contributed by atoms with Gasteiger partial charge < -0.3 is 19.7 Å². The third-order valence-corrected chi connectivity index (χ3v) is 3.19. The van der Waals surface area contributed by atoms with E-state index in [1.54, 1.807) is 12.1 Å². The van der Waals surface area contributed by atoms with E-state index >= 15 is 0 Å². The predicted molar refractivity (Wildman–Crippen MR) is 100 cm³/mol. The second kappa shape index (κ2) is 13.0. The van der Waals surface area contributed by atoms with Crippen molar-refractivity contribution in [2.45, 2.75) is 12.2 Å². The van der Waals surface area contributed by atoms with E-state index in [2.05, 4.69) is 9.47 Å². The van der Waals surface area contributed by atoms with Crippen LogP contribution in [0, 0.1) is 0 Å². The van der Waals surface area contributed by atoms with E-state index in [9.17, 15) is 29.4 Å². The zero-order chi connectivity index (χ0) is 19.1. The molecule has 0 fully saturated rings. The number of rotatable bonds is 5. The fourth-order valence-electron chi connectivity index (χ4n) is 1.83. The third-order valence-electron chi connectivity index (χ3n) is 3.19. The summed E-state index contributed by atoms with van der Waals surface area (Å²) in [5, 5.41) is 19.3. The average molecular weight is 406 g/mol. The number of aliphatic hydroxyl groups excluding tert-OH is 2. The molecule has 0 heterocycles. The first kappa shape index (κ1) is 26.6. The van der Waals surface area contributed by atoms with Crippen LogP contribution >= 0.6 is 0 Å². The fourth-order valence-corrected chi connectivity index (χ4v) is 1.83. The Morgan fingerprint density at radius 1 is 0.607 bits per heavy atom. The minimum atomic E-state index is -2.40. The van der Waals surface area contributed by atoms with Crippen LogP contribution in [-0.4, -0.2) is 105 Å². The Labute approximate surface area is 204 Å². The number of carbonyl (C=O) groups is 4. The molecule has 0 saturated carbocycles. The molecule has 10 heteroatoms. The Balaban J connectivity index is 0.00000364. The fraction of sp³-hybridized carbons (Fsp3) is 0.111. The normalized spacial score (nSPS) is 11.6. The van der Waals surface area contributed by atoms with Gasteiger partial charge >= 0.3 is 83.0 Å². The first-order chi connectivity index (χ1) is 12.4. The quantitative estimate of drug-likeness (QED) is 0.375. The van der Waals surface area contributed by atoms with Gasteiger partial charge in [0.25, 0.3) is 0 Å². The van der Waals surface area contributed by atoms with E-state index in [1.807, 2.05) is 0 Å². The van der Waals surface area contributed by atoms with Crippen LogP contribution in [0.25, 0.3) is 0 Å². The number of ether oxygens (including phenoxy) is 2. The van der Waals surface area contributed by atoms with E-state index in [4.69, 9.17) is 0 Å². The van der Waals surface area contributed by atoms with Gasteiger partial charge in [0.15, 0.2) is 12.2 Å². The molecule has 0 radical (unpaired) electrons. The average Bonchev–Trinajstić information content (AvgIpc) is 2.67. The molecule has 0 aliphatic carbocycles. The molecule has 0 aliphatic rings. The minimum absolute atomic E-state index is 0. The van der Waals surface area contributed by atoms with Crippen LogP contribution in [0.5, 0.6) is 0 Å². The molecule has 0 spiro atoms.